The largest absolute Gasteiger partial charge is 0.497 e. The number of ether oxygens (including phenoxy) is 2. The van der Waals surface area contributed by atoms with Crippen LogP contribution in [0.5, 0.6) is 5.75 Å². The first-order chi connectivity index (χ1) is 11.6. The Labute approximate surface area is 141 Å². The van der Waals surface area contributed by atoms with Crippen LogP contribution in [-0.4, -0.2) is 32.9 Å². The molecule has 2 aromatic rings. The molecule has 2 atom stereocenters. The van der Waals surface area contributed by atoms with Crippen LogP contribution in [0.15, 0.2) is 22.6 Å². The number of carbonyl (C=O) groups is 1. The second-order valence-electron chi connectivity index (χ2n) is 6.26. The summed E-state index contributed by atoms with van der Waals surface area (Å²) in [4.78, 5) is 12.1. The molecule has 1 aliphatic rings. The van der Waals surface area contributed by atoms with Gasteiger partial charge in [0.2, 0.25) is 0 Å². The highest BCUT2D eigenvalue weighted by molar-refractivity contribution is 5.84. The predicted molar refractivity (Wildman–Crippen MR) is 91.4 cm³/mol. The highest BCUT2D eigenvalue weighted by atomic mass is 16.5. The summed E-state index contributed by atoms with van der Waals surface area (Å²) in [6, 6.07) is 5.29. The molecule has 130 valence electrons. The highest BCUT2D eigenvalue weighted by Crippen LogP contribution is 2.31. The van der Waals surface area contributed by atoms with Gasteiger partial charge >= 0.3 is 6.03 Å². The number of benzene rings is 1. The summed E-state index contributed by atoms with van der Waals surface area (Å²) < 4.78 is 16.5. The lowest BCUT2D eigenvalue weighted by molar-refractivity contribution is 0.185. The summed E-state index contributed by atoms with van der Waals surface area (Å²) in [5.74, 6) is 1.96. The molecule has 1 aromatic carbocycles. The molecule has 3 rings (SSSR count). The summed E-state index contributed by atoms with van der Waals surface area (Å²) in [6.07, 6.45) is 1.00. The molecule has 2 amide bonds. The molecule has 0 unspecified atom stereocenters. The number of aryl methyl sites for hydroxylation is 1. The smallest absolute Gasteiger partial charge is 0.315 e. The quantitative estimate of drug-likeness (QED) is 0.882. The second-order valence-corrected chi connectivity index (χ2v) is 6.26. The van der Waals surface area contributed by atoms with E-state index < -0.39 is 0 Å². The van der Waals surface area contributed by atoms with E-state index in [4.69, 9.17) is 13.9 Å². The molecular weight excluding hydrogens is 308 g/mol. The van der Waals surface area contributed by atoms with Crippen molar-refractivity contribution in [3.8, 4) is 5.75 Å². The van der Waals surface area contributed by atoms with Crippen LogP contribution in [0.3, 0.4) is 0 Å². The molecule has 2 N–H and O–H groups in total. The number of amides is 2. The maximum absolute atomic E-state index is 12.1. The van der Waals surface area contributed by atoms with Crippen molar-refractivity contribution in [1.29, 1.82) is 0 Å². The van der Waals surface area contributed by atoms with E-state index in [1.165, 1.54) is 0 Å². The fraction of sp³-hybridized carbons (Fsp3) is 0.500. The van der Waals surface area contributed by atoms with E-state index in [0.29, 0.717) is 12.5 Å². The van der Waals surface area contributed by atoms with Gasteiger partial charge in [0.05, 0.1) is 19.8 Å². The summed E-state index contributed by atoms with van der Waals surface area (Å²) >= 11 is 0. The van der Waals surface area contributed by atoms with Gasteiger partial charge in [-0.05, 0) is 38.5 Å². The minimum atomic E-state index is -0.219. The van der Waals surface area contributed by atoms with Crippen molar-refractivity contribution in [3.05, 3.63) is 29.5 Å². The van der Waals surface area contributed by atoms with Crippen molar-refractivity contribution in [2.45, 2.75) is 26.3 Å². The number of rotatable bonds is 5. The van der Waals surface area contributed by atoms with Crippen LogP contribution in [0.2, 0.25) is 0 Å². The van der Waals surface area contributed by atoms with E-state index in [1.807, 2.05) is 32.0 Å². The monoisotopic (exact) mass is 332 g/mol. The first kappa shape index (κ1) is 16.6. The van der Waals surface area contributed by atoms with Crippen molar-refractivity contribution in [1.82, 2.24) is 10.6 Å². The Morgan fingerprint density at radius 3 is 3.00 bits per heavy atom. The standard InChI is InChI=1S/C18H24N2O4/c1-11-15-8-14(22-3)4-5-16(15)24-17(11)12(2)20-18(21)19-9-13-6-7-23-10-13/h4-5,8,12-13H,6-7,9-10H2,1-3H3,(H2,19,20,21)/t12-,13-/m0/s1. The summed E-state index contributed by atoms with van der Waals surface area (Å²) in [7, 11) is 1.64. The van der Waals surface area contributed by atoms with E-state index in [1.54, 1.807) is 7.11 Å². The number of fused-ring (bicyclic) bond motifs is 1. The molecule has 2 heterocycles. The first-order valence-corrected chi connectivity index (χ1v) is 8.27. The van der Waals surface area contributed by atoms with E-state index in [0.717, 1.165) is 47.7 Å². The molecule has 24 heavy (non-hydrogen) atoms. The lowest BCUT2D eigenvalue weighted by Crippen LogP contribution is -2.39. The predicted octanol–water partition coefficient (Wildman–Crippen LogP) is 3.15. The zero-order valence-corrected chi connectivity index (χ0v) is 14.3. The average Bonchev–Trinajstić information content (AvgIpc) is 3.21. The highest BCUT2D eigenvalue weighted by Gasteiger charge is 2.20. The van der Waals surface area contributed by atoms with Gasteiger partial charge in [-0.1, -0.05) is 0 Å². The molecule has 0 aliphatic carbocycles. The summed E-state index contributed by atoms with van der Waals surface area (Å²) in [5, 5.41) is 6.84. The van der Waals surface area contributed by atoms with Gasteiger partial charge in [0, 0.05) is 30.0 Å². The summed E-state index contributed by atoms with van der Waals surface area (Å²) in [6.45, 7) is 6.05. The molecule has 0 radical (unpaired) electrons. The molecular formula is C18H24N2O4. The van der Waals surface area contributed by atoms with Crippen molar-refractivity contribution < 1.29 is 18.7 Å². The van der Waals surface area contributed by atoms with Crippen LogP contribution in [0.4, 0.5) is 4.79 Å². The van der Waals surface area contributed by atoms with Crippen LogP contribution in [0.1, 0.15) is 30.7 Å². The number of nitrogens with one attached hydrogen (secondary N) is 2. The van der Waals surface area contributed by atoms with Crippen molar-refractivity contribution in [2.24, 2.45) is 5.92 Å². The molecule has 6 heteroatoms. The van der Waals surface area contributed by atoms with Crippen LogP contribution in [0, 0.1) is 12.8 Å². The lowest BCUT2D eigenvalue weighted by atomic mass is 10.1. The summed E-state index contributed by atoms with van der Waals surface area (Å²) in [5.41, 5.74) is 1.81. The van der Waals surface area contributed by atoms with Gasteiger partial charge < -0.3 is 24.5 Å². The van der Waals surface area contributed by atoms with Crippen LogP contribution >= 0.6 is 0 Å². The molecule has 0 saturated carbocycles. The number of methoxy groups -OCH3 is 1. The van der Waals surface area contributed by atoms with Crippen LogP contribution in [-0.2, 0) is 4.74 Å². The van der Waals surface area contributed by atoms with Gasteiger partial charge in [0.15, 0.2) is 0 Å². The number of hydrogen-bond acceptors (Lipinski definition) is 4. The van der Waals surface area contributed by atoms with Gasteiger partial charge in [-0.25, -0.2) is 4.79 Å². The van der Waals surface area contributed by atoms with E-state index in [2.05, 4.69) is 10.6 Å². The topological polar surface area (TPSA) is 72.7 Å². The molecule has 1 saturated heterocycles. The van der Waals surface area contributed by atoms with Gasteiger partial charge in [-0.15, -0.1) is 0 Å². The normalized spacial score (nSPS) is 18.5. The first-order valence-electron chi connectivity index (χ1n) is 8.27. The molecule has 0 bridgehead atoms. The SMILES string of the molecule is COc1ccc2oc([C@H](C)NC(=O)NC[C@@H]3CCOC3)c(C)c2c1. The Morgan fingerprint density at radius 2 is 2.29 bits per heavy atom. The zero-order chi connectivity index (χ0) is 17.1. The van der Waals surface area contributed by atoms with Crippen LogP contribution in [0.25, 0.3) is 11.0 Å². The fourth-order valence-corrected chi connectivity index (χ4v) is 3.05. The molecule has 0 spiro atoms. The second kappa shape index (κ2) is 7.13. The molecule has 1 fully saturated rings. The minimum Gasteiger partial charge on any atom is -0.497 e. The molecule has 1 aliphatic heterocycles. The Morgan fingerprint density at radius 1 is 1.46 bits per heavy atom. The maximum Gasteiger partial charge on any atom is 0.315 e. The number of carbonyl (C=O) groups excluding carboxylic acids is 1. The Hall–Kier alpha value is -2.21. The number of urea groups is 1. The van der Waals surface area contributed by atoms with E-state index in [-0.39, 0.29) is 12.1 Å². The molecule has 1 aromatic heterocycles. The number of furan rings is 1. The maximum atomic E-state index is 12.1. The van der Waals surface area contributed by atoms with Gasteiger partial charge in [0.25, 0.3) is 0 Å². The van der Waals surface area contributed by atoms with Crippen LogP contribution < -0.4 is 15.4 Å². The third-order valence-electron chi connectivity index (χ3n) is 4.50. The Balaban J connectivity index is 1.65. The van der Waals surface area contributed by atoms with E-state index >= 15 is 0 Å². The van der Waals surface area contributed by atoms with Gasteiger partial charge in [-0.3, -0.25) is 0 Å². The van der Waals surface area contributed by atoms with Gasteiger partial charge in [0.1, 0.15) is 17.1 Å². The number of hydrogen-bond donors (Lipinski definition) is 2. The van der Waals surface area contributed by atoms with Crippen molar-refractivity contribution in [3.63, 3.8) is 0 Å². The van der Waals surface area contributed by atoms with E-state index in [9.17, 15) is 4.79 Å². The minimum absolute atomic E-state index is 0.188. The van der Waals surface area contributed by atoms with Gasteiger partial charge in [-0.2, -0.15) is 0 Å². The zero-order valence-electron chi connectivity index (χ0n) is 14.3. The third-order valence-corrected chi connectivity index (χ3v) is 4.50. The lowest BCUT2D eigenvalue weighted by Gasteiger charge is -2.15. The fourth-order valence-electron chi connectivity index (χ4n) is 3.05. The molecule has 6 nitrogen and oxygen atoms in total. The Kier molecular flexibility index (Phi) is 4.94. The third kappa shape index (κ3) is 3.48. The van der Waals surface area contributed by atoms with Crippen molar-refractivity contribution >= 4 is 17.0 Å². The Bertz CT molecular complexity index is 719. The average molecular weight is 332 g/mol. The van der Waals surface area contributed by atoms with Crippen molar-refractivity contribution in [2.75, 3.05) is 26.9 Å².